The van der Waals surface area contributed by atoms with E-state index in [4.69, 9.17) is 19.3 Å². The van der Waals surface area contributed by atoms with Crippen molar-refractivity contribution in [1.29, 1.82) is 0 Å². The van der Waals surface area contributed by atoms with Crippen LogP contribution in [0.2, 0.25) is 0 Å². The van der Waals surface area contributed by atoms with Gasteiger partial charge in [0.05, 0.1) is 51.0 Å². The molecule has 0 amide bonds. The summed E-state index contributed by atoms with van der Waals surface area (Å²) in [6.07, 6.45) is 6.22. The summed E-state index contributed by atoms with van der Waals surface area (Å²) >= 11 is 0. The van der Waals surface area contributed by atoms with Crippen LogP contribution in [0.4, 0.5) is 20.3 Å². The predicted molar refractivity (Wildman–Crippen MR) is 137 cm³/mol. The van der Waals surface area contributed by atoms with Crippen LogP contribution >= 0.6 is 0 Å². The molecule has 4 aromatic heterocycles. The van der Waals surface area contributed by atoms with E-state index in [1.807, 2.05) is 0 Å². The molecule has 200 valence electrons. The van der Waals surface area contributed by atoms with Crippen LogP contribution in [0.5, 0.6) is 17.2 Å². The Balaban J connectivity index is 1.54. The van der Waals surface area contributed by atoms with Gasteiger partial charge in [-0.15, -0.1) is 0 Å². The van der Waals surface area contributed by atoms with Crippen molar-refractivity contribution in [3.63, 3.8) is 0 Å². The van der Waals surface area contributed by atoms with Gasteiger partial charge in [-0.05, 0) is 18.2 Å². The van der Waals surface area contributed by atoms with E-state index in [1.54, 1.807) is 36.8 Å². The number of aliphatic hydroxyl groups is 1. The second kappa shape index (κ2) is 11.2. The molecule has 13 heteroatoms. The lowest BCUT2D eigenvalue weighted by molar-refractivity contribution is 0.200. The van der Waals surface area contributed by atoms with Gasteiger partial charge in [0.2, 0.25) is 0 Å². The number of hydrogen-bond donors (Lipinski definition) is 2. The van der Waals surface area contributed by atoms with E-state index in [0.717, 1.165) is 12.1 Å². The normalized spacial score (nSPS) is 11.0. The Morgan fingerprint density at radius 1 is 1.00 bits per heavy atom. The molecule has 0 spiro atoms. The molecule has 0 aliphatic rings. The van der Waals surface area contributed by atoms with Crippen molar-refractivity contribution in [2.24, 2.45) is 0 Å². The van der Waals surface area contributed by atoms with Gasteiger partial charge in [0, 0.05) is 30.1 Å². The van der Waals surface area contributed by atoms with Crippen molar-refractivity contribution >= 4 is 22.5 Å². The summed E-state index contributed by atoms with van der Waals surface area (Å²) in [6, 6.07) is 7.28. The average molecular weight is 536 g/mol. The number of anilines is 2. The Morgan fingerprint density at radius 2 is 1.79 bits per heavy atom. The van der Waals surface area contributed by atoms with Gasteiger partial charge >= 0.3 is 0 Å². The molecular formula is C26H23F2N7O4. The van der Waals surface area contributed by atoms with Crippen LogP contribution < -0.4 is 19.5 Å². The molecule has 2 N–H and O–H groups in total. The highest BCUT2D eigenvalue weighted by atomic mass is 19.1. The van der Waals surface area contributed by atoms with Crippen LogP contribution in [0.25, 0.3) is 22.6 Å². The van der Waals surface area contributed by atoms with Crippen molar-refractivity contribution in [2.75, 3.05) is 32.8 Å². The molecule has 0 atom stereocenters. The Hall–Kier alpha value is -4.91. The highest BCUT2D eigenvalue weighted by molar-refractivity contribution is 5.88. The summed E-state index contributed by atoms with van der Waals surface area (Å²) in [4.78, 5) is 17.5. The van der Waals surface area contributed by atoms with Crippen molar-refractivity contribution in [1.82, 2.24) is 29.7 Å². The molecule has 4 heterocycles. The summed E-state index contributed by atoms with van der Waals surface area (Å²) < 4.78 is 47.1. The zero-order chi connectivity index (χ0) is 27.4. The van der Waals surface area contributed by atoms with Crippen LogP contribution in [0.15, 0.2) is 55.1 Å². The fourth-order valence-electron chi connectivity index (χ4n) is 3.91. The van der Waals surface area contributed by atoms with E-state index in [-0.39, 0.29) is 36.9 Å². The molecule has 0 fully saturated rings. The minimum absolute atomic E-state index is 0.0204. The van der Waals surface area contributed by atoms with Crippen LogP contribution in [-0.2, 0) is 6.54 Å². The van der Waals surface area contributed by atoms with Crippen LogP contribution in [0, 0.1) is 11.6 Å². The third-order valence-electron chi connectivity index (χ3n) is 5.74. The van der Waals surface area contributed by atoms with Crippen molar-refractivity contribution in [2.45, 2.75) is 6.54 Å². The first kappa shape index (κ1) is 25.7. The molecule has 0 radical (unpaired) electrons. The van der Waals surface area contributed by atoms with Gasteiger partial charge in [0.25, 0.3) is 0 Å². The fourth-order valence-corrected chi connectivity index (χ4v) is 3.91. The number of nitrogens with zero attached hydrogens (tertiary/aromatic N) is 6. The summed E-state index contributed by atoms with van der Waals surface area (Å²) in [5.74, 6) is -0.238. The van der Waals surface area contributed by atoms with Crippen LogP contribution in [-0.4, -0.2) is 62.3 Å². The molecular weight excluding hydrogens is 512 g/mol. The number of fused-ring (bicyclic) bond motifs is 1. The van der Waals surface area contributed by atoms with Gasteiger partial charge in [0.15, 0.2) is 28.8 Å². The molecule has 0 aliphatic heterocycles. The molecule has 0 saturated carbocycles. The van der Waals surface area contributed by atoms with Crippen molar-refractivity contribution in [3.05, 3.63) is 72.3 Å². The van der Waals surface area contributed by atoms with Crippen LogP contribution in [0.3, 0.4) is 0 Å². The molecule has 5 aromatic rings. The van der Waals surface area contributed by atoms with E-state index < -0.39 is 11.6 Å². The minimum atomic E-state index is -0.810. The number of aromatic nitrogens is 6. The first-order chi connectivity index (χ1) is 19.0. The van der Waals surface area contributed by atoms with Gasteiger partial charge in [-0.3, -0.25) is 14.6 Å². The standard InChI is InChI=1S/C26H23F2N7O4/c1-37-21-12-29-7-5-19(21)32-25-22(38-2)13-31-26(33-25)24-23-20(4-3-6-30-23)35(34-24)14-16-17(27)10-15(11-18(16)28)39-9-8-36/h3-7,10-13,36H,8-9,14H2,1-2H3,(H,29,31,32,33). The molecule has 5 rings (SSSR count). The van der Waals surface area contributed by atoms with E-state index >= 15 is 0 Å². The van der Waals surface area contributed by atoms with Gasteiger partial charge in [-0.2, -0.15) is 5.10 Å². The maximum absolute atomic E-state index is 14.9. The number of aliphatic hydroxyl groups excluding tert-OH is 1. The molecule has 39 heavy (non-hydrogen) atoms. The number of ether oxygens (including phenoxy) is 3. The number of nitrogens with one attached hydrogen (secondary N) is 1. The monoisotopic (exact) mass is 535 g/mol. The van der Waals surface area contributed by atoms with Gasteiger partial charge in [0.1, 0.15) is 29.5 Å². The maximum atomic E-state index is 14.9. The van der Waals surface area contributed by atoms with Crippen LogP contribution in [0.1, 0.15) is 5.56 Å². The number of rotatable bonds is 10. The third-order valence-corrected chi connectivity index (χ3v) is 5.74. The zero-order valence-corrected chi connectivity index (χ0v) is 20.9. The number of benzene rings is 1. The maximum Gasteiger partial charge on any atom is 0.184 e. The highest BCUT2D eigenvalue weighted by Gasteiger charge is 2.21. The summed E-state index contributed by atoms with van der Waals surface area (Å²) in [7, 11) is 3.01. The Bertz CT molecular complexity index is 1610. The predicted octanol–water partition coefficient (Wildman–Crippen LogP) is 3.74. The lowest BCUT2D eigenvalue weighted by Crippen LogP contribution is -2.08. The third kappa shape index (κ3) is 5.25. The molecule has 1 aromatic carbocycles. The molecule has 0 bridgehead atoms. The smallest absolute Gasteiger partial charge is 0.184 e. The first-order valence-corrected chi connectivity index (χ1v) is 11.7. The molecule has 0 saturated heterocycles. The Labute approximate surface area is 221 Å². The van der Waals surface area contributed by atoms with Crippen molar-refractivity contribution < 1.29 is 28.1 Å². The Morgan fingerprint density at radius 3 is 2.54 bits per heavy atom. The number of pyridine rings is 2. The minimum Gasteiger partial charge on any atom is -0.493 e. The lowest BCUT2D eigenvalue weighted by Gasteiger charge is -2.13. The molecule has 11 nitrogen and oxygen atoms in total. The van der Waals surface area contributed by atoms with Gasteiger partial charge < -0.3 is 24.6 Å². The second-order valence-corrected chi connectivity index (χ2v) is 8.13. The molecule has 0 aliphatic carbocycles. The van der Waals surface area contributed by atoms with Gasteiger partial charge in [-0.25, -0.2) is 18.7 Å². The largest absolute Gasteiger partial charge is 0.493 e. The van der Waals surface area contributed by atoms with Gasteiger partial charge in [-0.1, -0.05) is 0 Å². The summed E-state index contributed by atoms with van der Waals surface area (Å²) in [5, 5.41) is 16.6. The summed E-state index contributed by atoms with van der Waals surface area (Å²) in [6.45, 7) is -0.583. The van der Waals surface area contributed by atoms with E-state index in [0.29, 0.717) is 39.7 Å². The van der Waals surface area contributed by atoms with E-state index in [9.17, 15) is 8.78 Å². The topological polar surface area (TPSA) is 129 Å². The quantitative estimate of drug-likeness (QED) is 0.273. The SMILES string of the molecule is COc1cnccc1Nc1nc(-c2nn(Cc3c(F)cc(OCCO)cc3F)c3cccnc23)ncc1OC. The Kier molecular flexibility index (Phi) is 7.41. The fraction of sp³-hybridized carbons (Fsp3) is 0.192. The molecule has 0 unspecified atom stereocenters. The van der Waals surface area contributed by atoms with E-state index in [2.05, 4.69) is 30.4 Å². The summed E-state index contributed by atoms with van der Waals surface area (Å²) in [5.41, 5.74) is 1.66. The average Bonchev–Trinajstić information content (AvgIpc) is 3.32. The highest BCUT2D eigenvalue weighted by Crippen LogP contribution is 2.33. The first-order valence-electron chi connectivity index (χ1n) is 11.7. The lowest BCUT2D eigenvalue weighted by atomic mass is 10.2. The van der Waals surface area contributed by atoms with Crippen molar-refractivity contribution in [3.8, 4) is 28.8 Å². The second-order valence-electron chi connectivity index (χ2n) is 8.13. The number of hydrogen-bond acceptors (Lipinski definition) is 10. The number of halogens is 2. The van der Waals surface area contributed by atoms with E-state index in [1.165, 1.54) is 25.1 Å². The zero-order valence-electron chi connectivity index (χ0n) is 20.9. The number of methoxy groups -OCH3 is 2.